The van der Waals surface area contributed by atoms with E-state index in [2.05, 4.69) is 5.32 Å². The van der Waals surface area contributed by atoms with Crippen LogP contribution in [0.15, 0.2) is 42.5 Å². The predicted octanol–water partition coefficient (Wildman–Crippen LogP) is 3.96. The fourth-order valence-electron chi connectivity index (χ4n) is 3.94. The van der Waals surface area contributed by atoms with Crippen LogP contribution in [-0.4, -0.2) is 50.5 Å². The van der Waals surface area contributed by atoms with Gasteiger partial charge in [0.05, 0.1) is 11.9 Å². The second-order valence-corrected chi connectivity index (χ2v) is 11.6. The van der Waals surface area contributed by atoms with Crippen LogP contribution in [0.3, 0.4) is 0 Å². The maximum absolute atomic E-state index is 13.7. The van der Waals surface area contributed by atoms with Crippen molar-refractivity contribution >= 4 is 27.5 Å². The number of sulfonamides is 1. The van der Waals surface area contributed by atoms with Gasteiger partial charge in [0, 0.05) is 13.1 Å². The minimum absolute atomic E-state index is 0.206. The first-order valence-electron chi connectivity index (χ1n) is 12.0. The molecule has 2 rings (SSSR count). The van der Waals surface area contributed by atoms with Gasteiger partial charge in [-0.3, -0.25) is 13.9 Å². The number of amides is 2. The molecule has 0 heterocycles. The topological polar surface area (TPSA) is 86.8 Å². The number of carbonyl (C=O) groups excluding carboxylic acids is 2. The molecule has 0 aromatic heterocycles. The highest BCUT2D eigenvalue weighted by molar-refractivity contribution is 7.92. The van der Waals surface area contributed by atoms with Crippen LogP contribution in [0.25, 0.3) is 0 Å². The van der Waals surface area contributed by atoms with Gasteiger partial charge in [-0.25, -0.2) is 8.42 Å². The number of aryl methyl sites for hydroxylation is 3. The second-order valence-electron chi connectivity index (χ2n) is 9.69. The Morgan fingerprint density at radius 3 is 2.00 bits per heavy atom. The van der Waals surface area contributed by atoms with Crippen LogP contribution < -0.4 is 9.62 Å². The first-order valence-corrected chi connectivity index (χ1v) is 13.8. The zero-order chi connectivity index (χ0) is 26.3. The van der Waals surface area contributed by atoms with Gasteiger partial charge < -0.3 is 10.2 Å². The average molecular weight is 502 g/mol. The monoisotopic (exact) mass is 501 g/mol. The molecule has 2 aromatic rings. The molecular weight excluding hydrogens is 462 g/mol. The first-order chi connectivity index (χ1) is 16.3. The lowest BCUT2D eigenvalue weighted by molar-refractivity contribution is -0.140. The molecule has 0 fully saturated rings. The Labute approximate surface area is 210 Å². The third-order valence-corrected chi connectivity index (χ3v) is 6.86. The molecule has 192 valence electrons. The van der Waals surface area contributed by atoms with Crippen LogP contribution in [-0.2, 0) is 26.2 Å². The van der Waals surface area contributed by atoms with Crippen molar-refractivity contribution in [3.8, 4) is 0 Å². The zero-order valence-electron chi connectivity index (χ0n) is 22.0. The molecule has 0 aliphatic heterocycles. The summed E-state index contributed by atoms with van der Waals surface area (Å²) in [5, 5.41) is 2.93. The number of hydrogen-bond acceptors (Lipinski definition) is 4. The van der Waals surface area contributed by atoms with Gasteiger partial charge in [0.1, 0.15) is 12.6 Å². The van der Waals surface area contributed by atoms with Gasteiger partial charge >= 0.3 is 0 Å². The Morgan fingerprint density at radius 1 is 0.943 bits per heavy atom. The van der Waals surface area contributed by atoms with Crippen LogP contribution in [0.2, 0.25) is 0 Å². The van der Waals surface area contributed by atoms with Crippen molar-refractivity contribution in [3.63, 3.8) is 0 Å². The van der Waals surface area contributed by atoms with Crippen molar-refractivity contribution in [1.82, 2.24) is 10.2 Å². The highest BCUT2D eigenvalue weighted by Crippen LogP contribution is 2.22. The SMILES string of the molecule is CC[C@H](C(=O)NCC(C)C)N(Cc1ccc(C)cc1)C(=O)CN(c1cc(C)cc(C)c1)S(C)(=O)=O. The molecule has 0 saturated heterocycles. The summed E-state index contributed by atoms with van der Waals surface area (Å²) in [5.41, 5.74) is 4.20. The predicted molar refractivity (Wildman–Crippen MR) is 142 cm³/mol. The Balaban J connectivity index is 2.44. The summed E-state index contributed by atoms with van der Waals surface area (Å²) in [6.45, 7) is 11.9. The second kappa shape index (κ2) is 12.2. The molecule has 0 aliphatic rings. The van der Waals surface area contributed by atoms with Crippen LogP contribution in [0.5, 0.6) is 0 Å². The molecule has 0 aliphatic carbocycles. The third-order valence-electron chi connectivity index (χ3n) is 5.72. The minimum atomic E-state index is -3.75. The number of rotatable bonds is 11. The standard InChI is InChI=1S/C27H39N3O4S/c1-8-25(27(32)28-16-19(2)3)29(17-23-11-9-20(4)10-12-23)26(31)18-30(35(7,33)34)24-14-21(5)13-22(6)15-24/h9-15,19,25H,8,16-18H2,1-7H3,(H,28,32)/t25-/m1/s1. The molecule has 0 radical (unpaired) electrons. The average Bonchev–Trinajstić information content (AvgIpc) is 2.75. The third kappa shape index (κ3) is 8.38. The van der Waals surface area contributed by atoms with Crippen molar-refractivity contribution in [1.29, 1.82) is 0 Å². The molecular formula is C27H39N3O4S. The van der Waals surface area contributed by atoms with Crippen LogP contribution in [0, 0.1) is 26.7 Å². The van der Waals surface area contributed by atoms with E-state index in [1.807, 2.05) is 71.9 Å². The fourth-order valence-corrected chi connectivity index (χ4v) is 4.77. The molecule has 0 saturated carbocycles. The van der Waals surface area contributed by atoms with E-state index in [1.165, 1.54) is 4.90 Å². The van der Waals surface area contributed by atoms with Crippen LogP contribution in [0.1, 0.15) is 49.4 Å². The number of nitrogens with one attached hydrogen (secondary N) is 1. The lowest BCUT2D eigenvalue weighted by Gasteiger charge is -2.33. The number of carbonyl (C=O) groups is 2. The van der Waals surface area contributed by atoms with Crippen molar-refractivity contribution < 1.29 is 18.0 Å². The summed E-state index contributed by atoms with van der Waals surface area (Å²) in [6.07, 6.45) is 1.50. The Kier molecular flexibility index (Phi) is 9.89. The van der Waals surface area contributed by atoms with E-state index in [0.717, 1.165) is 32.8 Å². The molecule has 1 atom stereocenters. The first kappa shape index (κ1) is 28.4. The lowest BCUT2D eigenvalue weighted by atomic mass is 10.1. The minimum Gasteiger partial charge on any atom is -0.354 e. The molecule has 35 heavy (non-hydrogen) atoms. The fraction of sp³-hybridized carbons (Fsp3) is 0.481. The van der Waals surface area contributed by atoms with Gasteiger partial charge in [0.2, 0.25) is 21.8 Å². The summed E-state index contributed by atoms with van der Waals surface area (Å²) in [5.74, 6) is -0.399. The summed E-state index contributed by atoms with van der Waals surface area (Å²) < 4.78 is 26.6. The Bertz CT molecular complexity index is 1110. The summed E-state index contributed by atoms with van der Waals surface area (Å²) in [4.78, 5) is 28.3. The van der Waals surface area contributed by atoms with E-state index in [1.54, 1.807) is 12.1 Å². The van der Waals surface area contributed by atoms with Crippen LogP contribution >= 0.6 is 0 Å². The molecule has 8 heteroatoms. The maximum atomic E-state index is 13.7. The molecule has 2 aromatic carbocycles. The van der Waals surface area contributed by atoms with E-state index in [9.17, 15) is 18.0 Å². The smallest absolute Gasteiger partial charge is 0.244 e. The van der Waals surface area contributed by atoms with E-state index in [4.69, 9.17) is 0 Å². The van der Waals surface area contributed by atoms with E-state index < -0.39 is 22.0 Å². The summed E-state index contributed by atoms with van der Waals surface area (Å²) >= 11 is 0. The molecule has 2 amide bonds. The van der Waals surface area contributed by atoms with Gasteiger partial charge in [-0.05, 0) is 61.9 Å². The molecule has 7 nitrogen and oxygen atoms in total. The molecule has 0 spiro atoms. The van der Waals surface area contributed by atoms with Crippen molar-refractivity contribution in [3.05, 3.63) is 64.7 Å². The quantitative estimate of drug-likeness (QED) is 0.505. The van der Waals surface area contributed by atoms with Gasteiger partial charge in [0.25, 0.3) is 0 Å². The molecule has 0 unspecified atom stereocenters. The molecule has 1 N–H and O–H groups in total. The molecule has 0 bridgehead atoms. The number of benzene rings is 2. The number of anilines is 1. The van der Waals surface area contributed by atoms with Gasteiger partial charge in [-0.1, -0.05) is 56.7 Å². The van der Waals surface area contributed by atoms with Crippen molar-refractivity contribution in [2.75, 3.05) is 23.7 Å². The van der Waals surface area contributed by atoms with Gasteiger partial charge in [-0.2, -0.15) is 0 Å². The van der Waals surface area contributed by atoms with Gasteiger partial charge in [-0.15, -0.1) is 0 Å². The Hall–Kier alpha value is -2.87. The highest BCUT2D eigenvalue weighted by atomic mass is 32.2. The lowest BCUT2D eigenvalue weighted by Crippen LogP contribution is -2.52. The van der Waals surface area contributed by atoms with Crippen LogP contribution in [0.4, 0.5) is 5.69 Å². The van der Waals surface area contributed by atoms with Crippen molar-refractivity contribution in [2.24, 2.45) is 5.92 Å². The summed E-state index contributed by atoms with van der Waals surface area (Å²) in [6, 6.07) is 12.5. The van der Waals surface area contributed by atoms with E-state index in [0.29, 0.717) is 18.7 Å². The summed E-state index contributed by atoms with van der Waals surface area (Å²) in [7, 11) is -3.75. The van der Waals surface area contributed by atoms with E-state index in [-0.39, 0.29) is 24.9 Å². The maximum Gasteiger partial charge on any atom is 0.244 e. The zero-order valence-corrected chi connectivity index (χ0v) is 22.8. The Morgan fingerprint density at radius 2 is 1.51 bits per heavy atom. The van der Waals surface area contributed by atoms with Crippen molar-refractivity contribution in [2.45, 2.75) is 60.5 Å². The largest absolute Gasteiger partial charge is 0.354 e. The van der Waals surface area contributed by atoms with Gasteiger partial charge in [0.15, 0.2) is 0 Å². The van der Waals surface area contributed by atoms with E-state index >= 15 is 0 Å². The normalized spacial score (nSPS) is 12.3. The number of nitrogens with zero attached hydrogens (tertiary/aromatic N) is 2. The highest BCUT2D eigenvalue weighted by Gasteiger charge is 2.31. The number of hydrogen-bond donors (Lipinski definition) is 1.